The Bertz CT molecular complexity index is 334. The lowest BCUT2D eigenvalue weighted by molar-refractivity contribution is -0.138. The van der Waals surface area contributed by atoms with Crippen LogP contribution in [0.5, 0.6) is 0 Å². The highest BCUT2D eigenvalue weighted by atomic mass is 16.5. The standard InChI is InChI=1S/C17H31NO3/c1-12-6-5-8-15(10-12)21-13(2)17(20)18-16-9-4-3-7-14(16)11-19/h12-16,19H,3-11H2,1-2H3,(H,18,20). The SMILES string of the molecule is CC1CCCC(OC(C)C(=O)NC2CCCCC2CO)C1. The highest BCUT2D eigenvalue weighted by molar-refractivity contribution is 5.80. The van der Waals surface area contributed by atoms with Crippen LogP contribution in [0.2, 0.25) is 0 Å². The molecular weight excluding hydrogens is 266 g/mol. The fourth-order valence-electron chi connectivity index (χ4n) is 3.77. The molecule has 4 nitrogen and oxygen atoms in total. The van der Waals surface area contributed by atoms with Gasteiger partial charge in [0.05, 0.1) is 6.10 Å². The van der Waals surface area contributed by atoms with Gasteiger partial charge in [-0.05, 0) is 38.5 Å². The van der Waals surface area contributed by atoms with Gasteiger partial charge in [-0.2, -0.15) is 0 Å². The van der Waals surface area contributed by atoms with Crippen LogP contribution in [0.3, 0.4) is 0 Å². The van der Waals surface area contributed by atoms with E-state index in [0.717, 1.165) is 38.5 Å². The van der Waals surface area contributed by atoms with Crippen molar-refractivity contribution < 1.29 is 14.6 Å². The van der Waals surface area contributed by atoms with Gasteiger partial charge < -0.3 is 15.2 Å². The first-order chi connectivity index (χ1) is 10.1. The molecule has 5 atom stereocenters. The van der Waals surface area contributed by atoms with E-state index in [9.17, 15) is 9.90 Å². The number of carbonyl (C=O) groups excluding carboxylic acids is 1. The van der Waals surface area contributed by atoms with Crippen LogP contribution >= 0.6 is 0 Å². The normalized spacial score (nSPS) is 35.2. The van der Waals surface area contributed by atoms with E-state index >= 15 is 0 Å². The largest absolute Gasteiger partial charge is 0.396 e. The molecule has 0 spiro atoms. The number of hydrogen-bond acceptors (Lipinski definition) is 3. The van der Waals surface area contributed by atoms with Crippen LogP contribution in [-0.2, 0) is 9.53 Å². The average molecular weight is 297 g/mol. The Morgan fingerprint density at radius 1 is 1.24 bits per heavy atom. The third-order valence-corrected chi connectivity index (χ3v) is 5.13. The molecule has 0 bridgehead atoms. The Kier molecular flexibility index (Phi) is 6.49. The van der Waals surface area contributed by atoms with Crippen molar-refractivity contribution in [3.05, 3.63) is 0 Å². The summed E-state index contributed by atoms with van der Waals surface area (Å²) in [4.78, 5) is 12.3. The zero-order valence-electron chi connectivity index (χ0n) is 13.5. The second kappa shape index (κ2) is 8.14. The molecule has 122 valence electrons. The molecule has 0 aliphatic heterocycles. The van der Waals surface area contributed by atoms with Gasteiger partial charge in [-0.1, -0.05) is 32.6 Å². The summed E-state index contributed by atoms with van der Waals surface area (Å²) < 4.78 is 5.96. The molecule has 2 aliphatic rings. The summed E-state index contributed by atoms with van der Waals surface area (Å²) in [6, 6.07) is 0.118. The van der Waals surface area contributed by atoms with Crippen LogP contribution in [-0.4, -0.2) is 35.9 Å². The first-order valence-corrected chi connectivity index (χ1v) is 8.66. The summed E-state index contributed by atoms with van der Waals surface area (Å²) in [5.74, 6) is 0.902. The number of rotatable bonds is 5. The first-order valence-electron chi connectivity index (χ1n) is 8.66. The highest BCUT2D eigenvalue weighted by Gasteiger charge is 2.29. The number of nitrogens with one attached hydrogen (secondary N) is 1. The van der Waals surface area contributed by atoms with Crippen molar-refractivity contribution >= 4 is 5.91 Å². The van der Waals surface area contributed by atoms with E-state index in [1.165, 1.54) is 12.8 Å². The van der Waals surface area contributed by atoms with Gasteiger partial charge in [0.15, 0.2) is 0 Å². The van der Waals surface area contributed by atoms with E-state index in [-0.39, 0.29) is 36.7 Å². The molecule has 0 radical (unpaired) electrons. The molecule has 0 aromatic rings. The van der Waals surface area contributed by atoms with E-state index in [2.05, 4.69) is 12.2 Å². The number of hydrogen-bond donors (Lipinski definition) is 2. The number of amides is 1. The van der Waals surface area contributed by atoms with E-state index < -0.39 is 0 Å². The molecule has 1 amide bonds. The van der Waals surface area contributed by atoms with Gasteiger partial charge in [0.2, 0.25) is 5.91 Å². The zero-order valence-corrected chi connectivity index (χ0v) is 13.5. The lowest BCUT2D eigenvalue weighted by Crippen LogP contribution is -2.48. The van der Waals surface area contributed by atoms with Crippen LogP contribution in [0.1, 0.15) is 65.2 Å². The van der Waals surface area contributed by atoms with Gasteiger partial charge in [-0.25, -0.2) is 0 Å². The van der Waals surface area contributed by atoms with Crippen LogP contribution in [0.25, 0.3) is 0 Å². The first kappa shape index (κ1) is 16.8. The maximum absolute atomic E-state index is 12.3. The van der Waals surface area contributed by atoms with E-state index in [1.54, 1.807) is 0 Å². The Labute approximate surface area is 128 Å². The fraction of sp³-hybridized carbons (Fsp3) is 0.941. The number of aliphatic hydroxyl groups is 1. The minimum atomic E-state index is -0.387. The third-order valence-electron chi connectivity index (χ3n) is 5.13. The molecule has 0 aromatic heterocycles. The van der Waals surface area contributed by atoms with Crippen molar-refractivity contribution in [1.29, 1.82) is 0 Å². The summed E-state index contributed by atoms with van der Waals surface area (Å²) in [6.45, 7) is 4.28. The van der Waals surface area contributed by atoms with Gasteiger partial charge in [-0.15, -0.1) is 0 Å². The Hall–Kier alpha value is -0.610. The quantitative estimate of drug-likeness (QED) is 0.820. The lowest BCUT2D eigenvalue weighted by atomic mass is 9.85. The molecule has 0 saturated heterocycles. The predicted octanol–water partition coefficient (Wildman–Crippen LogP) is 2.64. The second-order valence-electron chi connectivity index (χ2n) is 7.01. The molecule has 5 unspecified atom stereocenters. The molecule has 0 aromatic carbocycles. The fourth-order valence-corrected chi connectivity index (χ4v) is 3.77. The van der Waals surface area contributed by atoms with Crippen molar-refractivity contribution in [2.45, 2.75) is 83.5 Å². The molecule has 21 heavy (non-hydrogen) atoms. The topological polar surface area (TPSA) is 58.6 Å². The van der Waals surface area contributed by atoms with Gasteiger partial charge in [0.25, 0.3) is 0 Å². The third kappa shape index (κ3) is 4.96. The molecular formula is C17H31NO3. The predicted molar refractivity (Wildman–Crippen MR) is 82.9 cm³/mol. The molecule has 2 N–H and O–H groups in total. The van der Waals surface area contributed by atoms with Gasteiger partial charge >= 0.3 is 0 Å². The summed E-state index contributed by atoms with van der Waals surface area (Å²) in [7, 11) is 0. The Morgan fingerprint density at radius 3 is 2.71 bits per heavy atom. The van der Waals surface area contributed by atoms with Crippen LogP contribution in [0, 0.1) is 11.8 Å². The summed E-state index contributed by atoms with van der Waals surface area (Å²) in [5.41, 5.74) is 0. The summed E-state index contributed by atoms with van der Waals surface area (Å²) in [6.07, 6.45) is 8.75. The summed E-state index contributed by atoms with van der Waals surface area (Å²) in [5, 5.41) is 12.5. The van der Waals surface area contributed by atoms with Gasteiger partial charge in [0.1, 0.15) is 6.10 Å². The van der Waals surface area contributed by atoms with E-state index in [1.807, 2.05) is 6.92 Å². The zero-order chi connectivity index (χ0) is 15.2. The van der Waals surface area contributed by atoms with Gasteiger partial charge in [-0.3, -0.25) is 4.79 Å². The number of ether oxygens (including phenoxy) is 1. The van der Waals surface area contributed by atoms with Crippen molar-refractivity contribution in [3.8, 4) is 0 Å². The molecule has 2 aliphatic carbocycles. The van der Waals surface area contributed by atoms with E-state index in [0.29, 0.717) is 5.92 Å². The van der Waals surface area contributed by atoms with Crippen molar-refractivity contribution in [3.63, 3.8) is 0 Å². The van der Waals surface area contributed by atoms with Crippen LogP contribution in [0.15, 0.2) is 0 Å². The average Bonchev–Trinajstić information content (AvgIpc) is 2.47. The van der Waals surface area contributed by atoms with Crippen LogP contribution in [0.4, 0.5) is 0 Å². The molecule has 2 rings (SSSR count). The van der Waals surface area contributed by atoms with Crippen molar-refractivity contribution in [2.75, 3.05) is 6.61 Å². The minimum absolute atomic E-state index is 0.0152. The molecule has 2 fully saturated rings. The van der Waals surface area contributed by atoms with Crippen molar-refractivity contribution in [2.24, 2.45) is 11.8 Å². The Balaban J connectivity index is 1.78. The maximum atomic E-state index is 12.3. The smallest absolute Gasteiger partial charge is 0.249 e. The number of carbonyl (C=O) groups is 1. The Morgan fingerprint density at radius 2 is 2.00 bits per heavy atom. The van der Waals surface area contributed by atoms with Crippen LogP contribution < -0.4 is 5.32 Å². The summed E-state index contributed by atoms with van der Waals surface area (Å²) >= 11 is 0. The van der Waals surface area contributed by atoms with Crippen molar-refractivity contribution in [1.82, 2.24) is 5.32 Å². The lowest BCUT2D eigenvalue weighted by Gasteiger charge is -2.33. The molecule has 2 saturated carbocycles. The minimum Gasteiger partial charge on any atom is -0.396 e. The van der Waals surface area contributed by atoms with E-state index in [4.69, 9.17) is 4.74 Å². The highest BCUT2D eigenvalue weighted by Crippen LogP contribution is 2.27. The van der Waals surface area contributed by atoms with Gasteiger partial charge in [0, 0.05) is 18.6 Å². The second-order valence-corrected chi connectivity index (χ2v) is 7.01. The number of aliphatic hydroxyl groups excluding tert-OH is 1. The maximum Gasteiger partial charge on any atom is 0.249 e. The molecule has 4 heteroatoms. The monoisotopic (exact) mass is 297 g/mol. The molecule has 0 heterocycles.